The molecule has 0 bridgehead atoms. The predicted octanol–water partition coefficient (Wildman–Crippen LogP) is 1.71. The van der Waals surface area contributed by atoms with Gasteiger partial charge in [0, 0.05) is 13.7 Å². The maximum absolute atomic E-state index is 9.31. The van der Waals surface area contributed by atoms with Crippen LogP contribution in [0.1, 0.15) is 32.6 Å². The summed E-state index contributed by atoms with van der Waals surface area (Å²) in [6.45, 7) is 3.34. The third-order valence-corrected chi connectivity index (χ3v) is 3.74. The molecule has 0 amide bonds. The fraction of sp³-hybridized carbons (Fsp3) is 0.923. The second-order valence-corrected chi connectivity index (χ2v) is 4.85. The average Bonchev–Trinajstić information content (AvgIpc) is 2.73. The molecule has 0 aromatic carbocycles. The molecule has 0 aromatic rings. The van der Waals surface area contributed by atoms with Crippen molar-refractivity contribution in [2.45, 2.75) is 44.2 Å². The molecule has 1 N–H and O–H groups in total. The van der Waals surface area contributed by atoms with E-state index in [9.17, 15) is 5.26 Å². The Bertz CT molecular complexity index is 265. The lowest BCUT2D eigenvalue weighted by Gasteiger charge is -2.28. The van der Waals surface area contributed by atoms with Crippen molar-refractivity contribution in [3.63, 3.8) is 0 Å². The Morgan fingerprint density at radius 3 is 2.94 bits per heavy atom. The second kappa shape index (κ2) is 6.95. The molecule has 0 saturated heterocycles. The van der Waals surface area contributed by atoms with Crippen molar-refractivity contribution in [1.29, 1.82) is 5.26 Å². The molecule has 0 aliphatic heterocycles. The summed E-state index contributed by atoms with van der Waals surface area (Å²) in [4.78, 5) is 0. The van der Waals surface area contributed by atoms with Crippen molar-refractivity contribution in [1.82, 2.24) is 5.32 Å². The number of hydrogen-bond acceptors (Lipinski definition) is 4. The Kier molecular flexibility index (Phi) is 5.90. The zero-order valence-corrected chi connectivity index (χ0v) is 11.2. The molecule has 1 aliphatic carbocycles. The minimum atomic E-state index is -0.326. The van der Waals surface area contributed by atoms with E-state index in [2.05, 4.69) is 11.4 Å². The van der Waals surface area contributed by atoms with Crippen molar-refractivity contribution in [2.24, 2.45) is 5.92 Å². The first-order chi connectivity index (χ1) is 8.18. The summed E-state index contributed by atoms with van der Waals surface area (Å²) in [6, 6.07) is 2.45. The highest BCUT2D eigenvalue weighted by Crippen LogP contribution is 2.37. The molecule has 0 spiro atoms. The summed E-state index contributed by atoms with van der Waals surface area (Å²) in [6.07, 6.45) is 4.29. The van der Waals surface area contributed by atoms with Crippen molar-refractivity contribution in [3.8, 4) is 6.07 Å². The summed E-state index contributed by atoms with van der Waals surface area (Å²) in [5.41, 5.74) is -0.326. The van der Waals surface area contributed by atoms with Gasteiger partial charge in [-0.15, -0.1) is 0 Å². The molecule has 1 saturated carbocycles. The van der Waals surface area contributed by atoms with Crippen LogP contribution in [0.25, 0.3) is 0 Å². The molecule has 1 fully saturated rings. The third-order valence-electron chi connectivity index (χ3n) is 3.74. The van der Waals surface area contributed by atoms with Crippen LogP contribution in [0, 0.1) is 17.2 Å². The minimum Gasteiger partial charge on any atom is -0.382 e. The third kappa shape index (κ3) is 3.67. The second-order valence-electron chi connectivity index (χ2n) is 4.85. The fourth-order valence-corrected chi connectivity index (χ4v) is 2.70. The van der Waals surface area contributed by atoms with Gasteiger partial charge in [-0.05, 0) is 39.2 Å². The zero-order chi connectivity index (χ0) is 12.7. The number of ether oxygens (including phenoxy) is 2. The SMILES string of the molecule is CNC1(C#N)CCCC1CCOC(C)COC. The maximum atomic E-state index is 9.31. The molecule has 17 heavy (non-hydrogen) atoms. The molecule has 1 rings (SSSR count). The lowest BCUT2D eigenvalue weighted by molar-refractivity contribution is 0.00200. The van der Waals surface area contributed by atoms with Crippen molar-refractivity contribution >= 4 is 0 Å². The Labute approximate surface area is 104 Å². The summed E-state index contributed by atoms with van der Waals surface area (Å²) in [5, 5.41) is 12.5. The molecular weight excluding hydrogens is 216 g/mol. The number of nitriles is 1. The molecule has 4 heteroatoms. The molecule has 3 atom stereocenters. The zero-order valence-electron chi connectivity index (χ0n) is 11.2. The predicted molar refractivity (Wildman–Crippen MR) is 66.7 cm³/mol. The van der Waals surface area contributed by atoms with E-state index >= 15 is 0 Å². The van der Waals surface area contributed by atoms with E-state index in [0.717, 1.165) is 25.7 Å². The van der Waals surface area contributed by atoms with Crippen LogP contribution in [0.3, 0.4) is 0 Å². The molecule has 0 heterocycles. The number of hydrogen-bond donors (Lipinski definition) is 1. The van der Waals surface area contributed by atoms with E-state index in [-0.39, 0.29) is 11.6 Å². The molecule has 0 aromatic heterocycles. The first-order valence-corrected chi connectivity index (χ1v) is 6.39. The van der Waals surface area contributed by atoms with Gasteiger partial charge in [0.2, 0.25) is 0 Å². The van der Waals surface area contributed by atoms with Gasteiger partial charge in [0.15, 0.2) is 0 Å². The average molecular weight is 240 g/mol. The first kappa shape index (κ1) is 14.4. The monoisotopic (exact) mass is 240 g/mol. The Morgan fingerprint density at radius 2 is 2.35 bits per heavy atom. The van der Waals surface area contributed by atoms with Crippen LogP contribution >= 0.6 is 0 Å². The van der Waals surface area contributed by atoms with E-state index in [1.807, 2.05) is 14.0 Å². The molecule has 0 radical (unpaired) electrons. The summed E-state index contributed by atoms with van der Waals surface area (Å²) >= 11 is 0. The standard InChI is InChI=1S/C13H24N2O2/c1-11(9-16-3)17-8-6-12-5-4-7-13(12,10-14)15-2/h11-12,15H,4-9H2,1-3H3. The largest absolute Gasteiger partial charge is 0.382 e. The van der Waals surface area contributed by atoms with Gasteiger partial charge in [0.05, 0.1) is 18.8 Å². The van der Waals surface area contributed by atoms with Gasteiger partial charge in [0.1, 0.15) is 5.54 Å². The van der Waals surface area contributed by atoms with Crippen LogP contribution in [0.5, 0.6) is 0 Å². The Morgan fingerprint density at radius 1 is 1.59 bits per heavy atom. The highest BCUT2D eigenvalue weighted by molar-refractivity contribution is 5.13. The first-order valence-electron chi connectivity index (χ1n) is 6.39. The van der Waals surface area contributed by atoms with Crippen LogP contribution in [0.15, 0.2) is 0 Å². The molecular formula is C13H24N2O2. The van der Waals surface area contributed by atoms with Gasteiger partial charge >= 0.3 is 0 Å². The maximum Gasteiger partial charge on any atom is 0.109 e. The van der Waals surface area contributed by atoms with Gasteiger partial charge in [-0.3, -0.25) is 0 Å². The fourth-order valence-electron chi connectivity index (χ4n) is 2.70. The number of nitrogens with one attached hydrogen (secondary N) is 1. The molecule has 4 nitrogen and oxygen atoms in total. The smallest absolute Gasteiger partial charge is 0.109 e. The van der Waals surface area contributed by atoms with E-state index in [1.165, 1.54) is 0 Å². The summed E-state index contributed by atoms with van der Waals surface area (Å²) < 4.78 is 10.7. The highest BCUT2D eigenvalue weighted by atomic mass is 16.5. The lowest BCUT2D eigenvalue weighted by atomic mass is 9.86. The van der Waals surface area contributed by atoms with Crippen LogP contribution in [-0.2, 0) is 9.47 Å². The van der Waals surface area contributed by atoms with Crippen molar-refractivity contribution in [3.05, 3.63) is 0 Å². The van der Waals surface area contributed by atoms with Crippen molar-refractivity contribution in [2.75, 3.05) is 27.4 Å². The van der Waals surface area contributed by atoms with Gasteiger partial charge < -0.3 is 14.8 Å². The van der Waals surface area contributed by atoms with E-state index in [0.29, 0.717) is 19.1 Å². The summed E-state index contributed by atoms with van der Waals surface area (Å²) in [5.74, 6) is 0.409. The number of rotatable bonds is 7. The van der Waals surface area contributed by atoms with E-state index < -0.39 is 0 Å². The highest BCUT2D eigenvalue weighted by Gasteiger charge is 2.41. The molecule has 3 unspecified atom stereocenters. The van der Waals surface area contributed by atoms with Crippen LogP contribution in [-0.4, -0.2) is 39.0 Å². The number of nitrogens with zero attached hydrogens (tertiary/aromatic N) is 1. The van der Waals surface area contributed by atoms with Gasteiger partial charge in [-0.1, -0.05) is 6.42 Å². The molecule has 98 valence electrons. The van der Waals surface area contributed by atoms with E-state index in [1.54, 1.807) is 7.11 Å². The minimum absolute atomic E-state index is 0.132. The topological polar surface area (TPSA) is 54.3 Å². The van der Waals surface area contributed by atoms with Crippen LogP contribution in [0.2, 0.25) is 0 Å². The lowest BCUT2D eigenvalue weighted by Crippen LogP contribution is -2.45. The Balaban J connectivity index is 2.34. The molecule has 1 aliphatic rings. The van der Waals surface area contributed by atoms with Crippen molar-refractivity contribution < 1.29 is 9.47 Å². The quantitative estimate of drug-likeness (QED) is 0.736. The van der Waals surface area contributed by atoms with Gasteiger partial charge in [0.25, 0.3) is 0 Å². The Hall–Kier alpha value is -0.630. The van der Waals surface area contributed by atoms with Crippen LogP contribution in [0.4, 0.5) is 0 Å². The van der Waals surface area contributed by atoms with Gasteiger partial charge in [-0.2, -0.15) is 5.26 Å². The van der Waals surface area contributed by atoms with Gasteiger partial charge in [-0.25, -0.2) is 0 Å². The summed E-state index contributed by atoms with van der Waals surface area (Å²) in [7, 11) is 3.56. The van der Waals surface area contributed by atoms with E-state index in [4.69, 9.17) is 9.47 Å². The number of methoxy groups -OCH3 is 1. The van der Waals surface area contributed by atoms with Crippen LogP contribution < -0.4 is 5.32 Å². The normalized spacial score (nSPS) is 30.1.